The second kappa shape index (κ2) is 24.9. The van der Waals surface area contributed by atoms with Crippen molar-refractivity contribution >= 4 is 131 Å². The van der Waals surface area contributed by atoms with Gasteiger partial charge in [0.2, 0.25) is 0 Å². The van der Waals surface area contributed by atoms with Crippen molar-refractivity contribution in [3.63, 3.8) is 0 Å². The predicted molar refractivity (Wildman–Crippen MR) is 489 cm³/mol. The molecule has 6 nitrogen and oxygen atoms in total. The molecule has 0 radical (unpaired) electrons. The Balaban J connectivity index is 0.719. The lowest BCUT2D eigenvalue weighted by Crippen LogP contribution is -2.20. The average molecular weight is 1480 g/mol. The Morgan fingerprint density at radius 1 is 0.167 bits per heavy atom. The van der Waals surface area contributed by atoms with Crippen LogP contribution in [0.4, 0.5) is 0 Å². The van der Waals surface area contributed by atoms with Crippen LogP contribution in [0, 0.1) is 0 Å². The molecule has 6 aromatic heterocycles. The molecular weight excluding hydrogens is 1380 g/mol. The van der Waals surface area contributed by atoms with Gasteiger partial charge in [-0.05, 0) is 260 Å². The molecule has 0 aliphatic carbocycles. The van der Waals surface area contributed by atoms with Crippen LogP contribution in [-0.4, -0.2) is 27.4 Å². The maximum atomic E-state index is 2.54. The van der Waals surface area contributed by atoms with Gasteiger partial charge in [0.15, 0.2) is 0 Å². The molecule has 0 N–H and O–H groups in total. The number of fused-ring (bicyclic) bond motifs is 18. The molecule has 6 heterocycles. The number of rotatable bonds is 9. The minimum absolute atomic E-state index is 0.00137. The zero-order valence-corrected chi connectivity index (χ0v) is 69.0. The molecule has 0 amide bonds. The number of nitrogens with zero attached hydrogens (tertiary/aromatic N) is 6. The van der Waals surface area contributed by atoms with Crippen molar-refractivity contribution < 1.29 is 0 Å². The molecule has 0 spiro atoms. The standard InChI is InChI=1S/C108H100N6/c1-103(2,3)67-34-44-93-81(55-67)82-56-68(104(4,5)6)35-45-94(82)112(93)76-40-50-99-87(62-76)88-63-77(41-51-100(88)109(99)73-27-19-18-20-28-73)114-97-48-38-71(107(13,14)15)59-85(97)86-60-72(39-49-98(86)114)108(16,17)65-66-26-25-29-74(54-66)110-101-52-42-75(111-91-32-23-21-30-79(91)80-31-22-24-33-92(80)111)61-89(101)90-64-78(43-53-102(90)110)113-95-46-36-69(105(7,8)9)57-83(95)84-58-70(106(10,11)12)37-47-96(84)113/h18-64H,65H2,1-17H3. The Bertz CT molecular complexity index is 7210. The smallest absolute Gasteiger partial charge is 0.0542 e. The Labute approximate surface area is 668 Å². The van der Waals surface area contributed by atoms with Crippen LogP contribution < -0.4 is 0 Å². The Hall–Kier alpha value is -12.1. The third-order valence-electron chi connectivity index (χ3n) is 25.3. The SMILES string of the molecule is CC(C)(C)c1ccc2c(c1)c1cc(C(C)(C)C)ccc1n2-c1ccc2c(c1)c1cc(-n3c4ccc(C(C)(C)C)cc4c4cc(C(C)(C)Cc5cccc(-n6c7ccc(-n8c9ccccc9c9ccccc98)cc7c7cc(-n8c9ccc(C(C)(C)C)cc9c9cc(C(C)(C)C)ccc98)ccc76)c5)ccc43)ccc1n2-c1ccccc1. The molecule has 20 aromatic rings. The van der Waals surface area contributed by atoms with Gasteiger partial charge in [-0.3, -0.25) is 0 Å². The molecule has 0 saturated heterocycles. The number of benzene rings is 14. The molecule has 0 fully saturated rings. The highest BCUT2D eigenvalue weighted by molar-refractivity contribution is 6.17. The summed E-state index contributed by atoms with van der Waals surface area (Å²) in [5, 5.41) is 15.0. The summed E-state index contributed by atoms with van der Waals surface area (Å²) in [6.07, 6.45) is 0.827. The van der Waals surface area contributed by atoms with Crippen molar-refractivity contribution in [2.45, 2.75) is 157 Å². The fourth-order valence-electron chi connectivity index (χ4n) is 19.0. The lowest BCUT2D eigenvalue weighted by Gasteiger charge is -2.26. The number of hydrogen-bond donors (Lipinski definition) is 0. The van der Waals surface area contributed by atoms with Crippen molar-refractivity contribution in [3.05, 3.63) is 324 Å². The van der Waals surface area contributed by atoms with E-state index >= 15 is 0 Å². The first-order valence-corrected chi connectivity index (χ1v) is 41.0. The quantitative estimate of drug-likeness (QED) is 0.138. The van der Waals surface area contributed by atoms with E-state index in [9.17, 15) is 0 Å². The van der Waals surface area contributed by atoms with Crippen molar-refractivity contribution in [2.75, 3.05) is 0 Å². The fraction of sp³-hybridized carbons (Fsp3) is 0.222. The molecule has 0 unspecified atom stereocenters. The average Bonchev–Trinajstić information content (AvgIpc) is 1.56. The molecule has 6 heteroatoms. The van der Waals surface area contributed by atoms with E-state index in [1.165, 1.54) is 170 Å². The Morgan fingerprint density at radius 3 is 0.684 bits per heavy atom. The van der Waals surface area contributed by atoms with Gasteiger partial charge in [-0.2, -0.15) is 0 Å². The van der Waals surface area contributed by atoms with E-state index in [2.05, 4.69) is 430 Å². The lowest BCUT2D eigenvalue weighted by molar-refractivity contribution is 0.523. The summed E-state index contributed by atoms with van der Waals surface area (Å²) >= 11 is 0. The molecule has 0 aliphatic rings. The van der Waals surface area contributed by atoms with Gasteiger partial charge < -0.3 is 27.4 Å². The lowest BCUT2D eigenvalue weighted by atomic mass is 9.78. The summed E-state index contributed by atoms with van der Waals surface area (Å²) in [5.41, 5.74) is 30.1. The van der Waals surface area contributed by atoms with E-state index in [4.69, 9.17) is 0 Å². The third-order valence-corrected chi connectivity index (χ3v) is 25.3. The predicted octanol–water partition coefficient (Wildman–Crippen LogP) is 29.3. The Morgan fingerprint density at radius 2 is 0.386 bits per heavy atom. The summed E-state index contributed by atoms with van der Waals surface area (Å²) in [4.78, 5) is 0. The summed E-state index contributed by atoms with van der Waals surface area (Å²) in [6, 6.07) is 110. The minimum Gasteiger partial charge on any atom is -0.309 e. The summed E-state index contributed by atoms with van der Waals surface area (Å²) in [7, 11) is 0. The van der Waals surface area contributed by atoms with Crippen LogP contribution in [0.5, 0.6) is 0 Å². The van der Waals surface area contributed by atoms with Crippen LogP contribution in [0.1, 0.15) is 157 Å². The third kappa shape index (κ3) is 11.2. The molecule has 20 rings (SSSR count). The highest BCUT2D eigenvalue weighted by Gasteiger charge is 2.30. The van der Waals surface area contributed by atoms with E-state index in [1.54, 1.807) is 0 Å². The van der Waals surface area contributed by atoms with Crippen LogP contribution in [0.3, 0.4) is 0 Å². The van der Waals surface area contributed by atoms with Gasteiger partial charge >= 0.3 is 0 Å². The van der Waals surface area contributed by atoms with Gasteiger partial charge in [0.25, 0.3) is 0 Å². The van der Waals surface area contributed by atoms with Gasteiger partial charge in [-0.1, -0.05) is 221 Å². The van der Waals surface area contributed by atoms with Crippen molar-refractivity contribution in [1.82, 2.24) is 27.4 Å². The highest BCUT2D eigenvalue weighted by atomic mass is 15.0. The van der Waals surface area contributed by atoms with E-state index in [0.717, 1.165) is 40.5 Å². The van der Waals surface area contributed by atoms with Crippen molar-refractivity contribution in [2.24, 2.45) is 0 Å². The van der Waals surface area contributed by atoms with Gasteiger partial charge in [-0.25, -0.2) is 0 Å². The molecule has 0 saturated carbocycles. The molecule has 114 heavy (non-hydrogen) atoms. The van der Waals surface area contributed by atoms with Crippen LogP contribution in [0.15, 0.2) is 285 Å². The summed E-state index contributed by atoms with van der Waals surface area (Å²) in [5.74, 6) is 0. The normalized spacial score (nSPS) is 13.2. The first kappa shape index (κ1) is 71.0. The summed E-state index contributed by atoms with van der Waals surface area (Å²) in [6.45, 7) is 39.8. The van der Waals surface area contributed by atoms with Gasteiger partial charge in [0.1, 0.15) is 0 Å². The van der Waals surface area contributed by atoms with Gasteiger partial charge in [0, 0.05) is 98.8 Å². The molecule has 0 bridgehead atoms. The zero-order chi connectivity index (χ0) is 78.8. The van der Waals surface area contributed by atoms with E-state index in [0.29, 0.717) is 0 Å². The maximum Gasteiger partial charge on any atom is 0.0542 e. The van der Waals surface area contributed by atoms with Gasteiger partial charge in [-0.15, -0.1) is 0 Å². The van der Waals surface area contributed by atoms with E-state index < -0.39 is 0 Å². The van der Waals surface area contributed by atoms with Crippen LogP contribution in [0.25, 0.3) is 165 Å². The minimum atomic E-state index is -0.268. The molecule has 0 atom stereocenters. The van der Waals surface area contributed by atoms with Crippen LogP contribution >= 0.6 is 0 Å². The second-order valence-corrected chi connectivity index (χ2v) is 38.6. The largest absolute Gasteiger partial charge is 0.309 e. The van der Waals surface area contributed by atoms with Crippen LogP contribution in [-0.2, 0) is 38.9 Å². The second-order valence-electron chi connectivity index (χ2n) is 38.6. The first-order valence-electron chi connectivity index (χ1n) is 41.0. The molecular formula is C108H100N6. The number of aromatic nitrogens is 6. The van der Waals surface area contributed by atoms with Gasteiger partial charge in [0.05, 0.1) is 66.2 Å². The van der Waals surface area contributed by atoms with Crippen LogP contribution in [0.2, 0.25) is 0 Å². The number of para-hydroxylation sites is 3. The summed E-state index contributed by atoms with van der Waals surface area (Å²) < 4.78 is 15.0. The first-order chi connectivity index (χ1) is 54.4. The van der Waals surface area contributed by atoms with E-state index in [-0.39, 0.29) is 32.5 Å². The molecule has 14 aromatic carbocycles. The fourth-order valence-corrected chi connectivity index (χ4v) is 19.0. The highest BCUT2D eigenvalue weighted by Crippen LogP contribution is 2.47. The number of hydrogen-bond acceptors (Lipinski definition) is 0. The van der Waals surface area contributed by atoms with Crippen molar-refractivity contribution in [3.8, 4) is 34.1 Å². The monoisotopic (exact) mass is 1480 g/mol. The maximum absolute atomic E-state index is 2.54. The van der Waals surface area contributed by atoms with Crippen molar-refractivity contribution in [1.29, 1.82) is 0 Å². The van der Waals surface area contributed by atoms with E-state index in [1.807, 2.05) is 0 Å². The zero-order valence-electron chi connectivity index (χ0n) is 69.0. The topological polar surface area (TPSA) is 29.6 Å². The molecule has 0 aliphatic heterocycles. The Kier molecular flexibility index (Phi) is 15.5. The molecule has 562 valence electrons.